The van der Waals surface area contributed by atoms with Crippen molar-refractivity contribution in [2.75, 3.05) is 30.5 Å². The van der Waals surface area contributed by atoms with Gasteiger partial charge in [-0.05, 0) is 68.8 Å². The summed E-state index contributed by atoms with van der Waals surface area (Å²) in [6.45, 7) is 6.53. The van der Waals surface area contributed by atoms with E-state index in [9.17, 15) is 9.36 Å². The van der Waals surface area contributed by atoms with Crippen LogP contribution in [0.4, 0.5) is 11.4 Å². The molecule has 0 saturated carbocycles. The standard InChI is InChI=1S/C27H29N2O5P/c1-4-32-21-14-12-20(13-15-21)28-26(19-10-8-7-9-11-19)25-23-18-22(16-17-24(23)29-27(25)30)35(31,33-5-2)34-6-3/h7-18,28H,4-6H2,1-3H3,(H,29,30). The van der Waals surface area contributed by atoms with Gasteiger partial charge in [-0.3, -0.25) is 9.36 Å². The zero-order chi connectivity index (χ0) is 24.8. The SMILES string of the molecule is CCOc1ccc(NC(=C2C(=O)Nc3ccc(P(=O)(OCC)OCC)cc32)c2ccccc2)cc1. The Bertz CT molecular complexity index is 1260. The molecule has 3 aromatic rings. The number of nitrogens with one attached hydrogen (secondary N) is 2. The Balaban J connectivity index is 1.84. The molecule has 1 aliphatic heterocycles. The predicted octanol–water partition coefficient (Wildman–Crippen LogP) is 5.91. The Kier molecular flexibility index (Phi) is 7.71. The second-order valence-electron chi connectivity index (χ2n) is 7.72. The molecule has 8 heteroatoms. The fourth-order valence-electron chi connectivity index (χ4n) is 3.93. The third kappa shape index (κ3) is 5.33. The molecule has 0 saturated heterocycles. The average molecular weight is 493 g/mol. The van der Waals surface area contributed by atoms with Gasteiger partial charge < -0.3 is 24.4 Å². The van der Waals surface area contributed by atoms with Crippen LogP contribution in [0.1, 0.15) is 31.9 Å². The van der Waals surface area contributed by atoms with E-state index in [1.807, 2.05) is 61.5 Å². The van der Waals surface area contributed by atoms with Gasteiger partial charge >= 0.3 is 7.60 Å². The van der Waals surface area contributed by atoms with E-state index in [4.69, 9.17) is 13.8 Å². The highest BCUT2D eigenvalue weighted by Crippen LogP contribution is 2.48. The maximum absolute atomic E-state index is 13.4. The van der Waals surface area contributed by atoms with Crippen molar-refractivity contribution in [1.82, 2.24) is 0 Å². The van der Waals surface area contributed by atoms with Gasteiger partial charge in [-0.25, -0.2) is 0 Å². The Hall–Kier alpha value is -3.38. The third-order valence-corrected chi connectivity index (χ3v) is 7.52. The molecule has 1 heterocycles. The fourth-order valence-corrected chi connectivity index (χ4v) is 5.53. The van der Waals surface area contributed by atoms with Crippen molar-refractivity contribution in [3.8, 4) is 5.75 Å². The van der Waals surface area contributed by atoms with Crippen LogP contribution in [0.5, 0.6) is 5.75 Å². The first-order valence-corrected chi connectivity index (χ1v) is 13.2. The summed E-state index contributed by atoms with van der Waals surface area (Å²) in [5.41, 5.74) is 3.97. The molecule has 0 aromatic heterocycles. The van der Waals surface area contributed by atoms with Crippen LogP contribution >= 0.6 is 7.60 Å². The van der Waals surface area contributed by atoms with E-state index in [1.165, 1.54) is 0 Å². The molecule has 4 rings (SSSR count). The molecule has 3 aromatic carbocycles. The van der Waals surface area contributed by atoms with E-state index in [0.717, 1.165) is 17.0 Å². The summed E-state index contributed by atoms with van der Waals surface area (Å²) in [7, 11) is -3.53. The molecule has 0 spiro atoms. The zero-order valence-corrected chi connectivity index (χ0v) is 20.9. The molecule has 0 fully saturated rings. The van der Waals surface area contributed by atoms with Gasteiger partial charge in [-0.15, -0.1) is 0 Å². The number of rotatable bonds is 10. The molecule has 2 N–H and O–H groups in total. The molecule has 7 nitrogen and oxygen atoms in total. The van der Waals surface area contributed by atoms with Crippen LogP contribution in [0.15, 0.2) is 72.8 Å². The minimum Gasteiger partial charge on any atom is -0.494 e. The third-order valence-electron chi connectivity index (χ3n) is 5.41. The van der Waals surface area contributed by atoms with Crippen molar-refractivity contribution in [2.45, 2.75) is 20.8 Å². The number of carbonyl (C=O) groups excluding carboxylic acids is 1. The Morgan fingerprint density at radius 3 is 2.20 bits per heavy atom. The van der Waals surface area contributed by atoms with Crippen molar-refractivity contribution in [2.24, 2.45) is 0 Å². The summed E-state index contributed by atoms with van der Waals surface area (Å²) in [6, 6.07) is 22.3. The van der Waals surface area contributed by atoms with Crippen molar-refractivity contribution in [3.05, 3.63) is 83.9 Å². The highest BCUT2D eigenvalue weighted by molar-refractivity contribution is 7.62. The quantitative estimate of drug-likeness (QED) is 0.270. The Labute approximate surface area is 205 Å². The Morgan fingerprint density at radius 2 is 1.57 bits per heavy atom. The predicted molar refractivity (Wildman–Crippen MR) is 140 cm³/mol. The molecule has 1 amide bonds. The second-order valence-corrected chi connectivity index (χ2v) is 9.74. The van der Waals surface area contributed by atoms with E-state index in [1.54, 1.807) is 32.0 Å². The lowest BCUT2D eigenvalue weighted by atomic mass is 10.00. The molecule has 182 valence electrons. The van der Waals surface area contributed by atoms with Crippen molar-refractivity contribution in [3.63, 3.8) is 0 Å². The first kappa shape index (κ1) is 24.7. The van der Waals surface area contributed by atoms with Crippen molar-refractivity contribution >= 4 is 41.5 Å². The molecule has 0 unspecified atom stereocenters. The Morgan fingerprint density at radius 1 is 0.886 bits per heavy atom. The van der Waals surface area contributed by atoms with Crippen LogP contribution in [0, 0.1) is 0 Å². The van der Waals surface area contributed by atoms with Gasteiger partial charge in [0.05, 0.1) is 36.4 Å². The van der Waals surface area contributed by atoms with Crippen molar-refractivity contribution < 1.29 is 23.1 Å². The largest absolute Gasteiger partial charge is 0.494 e. The number of benzene rings is 3. The molecule has 35 heavy (non-hydrogen) atoms. The zero-order valence-electron chi connectivity index (χ0n) is 20.0. The van der Waals surface area contributed by atoms with Gasteiger partial charge in [0.15, 0.2) is 0 Å². The lowest BCUT2D eigenvalue weighted by Crippen LogP contribution is -2.12. The van der Waals surface area contributed by atoms with E-state index >= 15 is 0 Å². The van der Waals surface area contributed by atoms with Gasteiger partial charge in [0.25, 0.3) is 5.91 Å². The maximum atomic E-state index is 13.4. The maximum Gasteiger partial charge on any atom is 0.361 e. The van der Waals surface area contributed by atoms with Gasteiger partial charge in [0.1, 0.15) is 5.75 Å². The molecular formula is C27H29N2O5P. The highest BCUT2D eigenvalue weighted by Gasteiger charge is 2.33. The van der Waals surface area contributed by atoms with Crippen LogP contribution < -0.4 is 20.7 Å². The van der Waals surface area contributed by atoms with E-state index < -0.39 is 7.60 Å². The monoisotopic (exact) mass is 492 g/mol. The number of hydrogen-bond donors (Lipinski definition) is 2. The number of hydrogen-bond acceptors (Lipinski definition) is 6. The summed E-state index contributed by atoms with van der Waals surface area (Å²) >= 11 is 0. The van der Waals surface area contributed by atoms with Crippen LogP contribution in [0.3, 0.4) is 0 Å². The van der Waals surface area contributed by atoms with E-state index in [2.05, 4.69) is 10.6 Å². The van der Waals surface area contributed by atoms with Gasteiger partial charge in [0, 0.05) is 16.9 Å². The summed E-state index contributed by atoms with van der Waals surface area (Å²) in [5, 5.41) is 6.75. The minimum atomic E-state index is -3.53. The number of ether oxygens (including phenoxy) is 1. The lowest BCUT2D eigenvalue weighted by molar-refractivity contribution is -0.110. The first-order chi connectivity index (χ1) is 17.0. The summed E-state index contributed by atoms with van der Waals surface area (Å²) in [6.07, 6.45) is 0. The average Bonchev–Trinajstić information content (AvgIpc) is 3.19. The molecule has 0 aliphatic carbocycles. The molecule has 1 aliphatic rings. The van der Waals surface area contributed by atoms with Gasteiger partial charge in [-0.2, -0.15) is 0 Å². The molecule has 0 radical (unpaired) electrons. The van der Waals surface area contributed by atoms with Crippen LogP contribution in [0.2, 0.25) is 0 Å². The second kappa shape index (κ2) is 10.9. The topological polar surface area (TPSA) is 85.9 Å². The first-order valence-electron chi connectivity index (χ1n) is 11.6. The number of amides is 1. The number of carbonyl (C=O) groups is 1. The highest BCUT2D eigenvalue weighted by atomic mass is 31.2. The molecule has 0 bridgehead atoms. The molecular weight excluding hydrogens is 463 g/mol. The number of anilines is 2. The van der Waals surface area contributed by atoms with Crippen LogP contribution in [0.25, 0.3) is 11.3 Å². The van der Waals surface area contributed by atoms with E-state index in [-0.39, 0.29) is 19.1 Å². The molecule has 0 atom stereocenters. The van der Waals surface area contributed by atoms with Crippen molar-refractivity contribution in [1.29, 1.82) is 0 Å². The fraction of sp³-hybridized carbons (Fsp3) is 0.222. The summed E-state index contributed by atoms with van der Waals surface area (Å²) in [4.78, 5) is 13.2. The van der Waals surface area contributed by atoms with Gasteiger partial charge in [-0.1, -0.05) is 30.3 Å². The lowest BCUT2D eigenvalue weighted by Gasteiger charge is -2.18. The minimum absolute atomic E-state index is 0.239. The van der Waals surface area contributed by atoms with Gasteiger partial charge in [0.2, 0.25) is 0 Å². The number of fused-ring (bicyclic) bond motifs is 1. The smallest absolute Gasteiger partial charge is 0.361 e. The summed E-state index contributed by atoms with van der Waals surface area (Å²) in [5.74, 6) is 0.514. The normalized spacial score (nSPS) is 14.3. The summed E-state index contributed by atoms with van der Waals surface area (Å²) < 4.78 is 30.0. The van der Waals surface area contributed by atoms with Crippen LogP contribution in [-0.2, 0) is 18.4 Å². The van der Waals surface area contributed by atoms with E-state index in [0.29, 0.717) is 34.4 Å². The van der Waals surface area contributed by atoms with Crippen LogP contribution in [-0.4, -0.2) is 25.7 Å².